The van der Waals surface area contributed by atoms with Gasteiger partial charge in [-0.05, 0) is 55.3 Å². The molecule has 1 aliphatic rings. The highest BCUT2D eigenvalue weighted by atomic mass is 16.5. The van der Waals surface area contributed by atoms with E-state index in [0.717, 1.165) is 49.6 Å². The highest BCUT2D eigenvalue weighted by Gasteiger charge is 2.29. The molecule has 0 amide bonds. The van der Waals surface area contributed by atoms with Crippen LogP contribution in [0.4, 0.5) is 0 Å². The number of ether oxygens (including phenoxy) is 1. The molecular weight excluding hydrogens is 402 g/mol. The van der Waals surface area contributed by atoms with Crippen molar-refractivity contribution in [1.29, 1.82) is 0 Å². The van der Waals surface area contributed by atoms with Crippen molar-refractivity contribution in [2.45, 2.75) is 39.3 Å². The maximum Gasteiger partial charge on any atom is 0.335 e. The Morgan fingerprint density at radius 3 is 2.69 bits per heavy atom. The minimum absolute atomic E-state index is 0.198. The smallest absolute Gasteiger partial charge is 0.335 e. The summed E-state index contributed by atoms with van der Waals surface area (Å²) in [5.41, 5.74) is 5.02. The first kappa shape index (κ1) is 22.4. The Labute approximate surface area is 189 Å². The minimum atomic E-state index is -0.888. The molecule has 4 rings (SSSR count). The van der Waals surface area contributed by atoms with Gasteiger partial charge in [0.2, 0.25) is 0 Å². The van der Waals surface area contributed by atoms with Crippen LogP contribution >= 0.6 is 0 Å². The van der Waals surface area contributed by atoms with Gasteiger partial charge in [-0.3, -0.25) is 4.90 Å². The van der Waals surface area contributed by atoms with Crippen LogP contribution < -0.4 is 4.74 Å². The Morgan fingerprint density at radius 2 is 2.00 bits per heavy atom. The number of rotatable bonds is 8. The molecule has 6 nitrogen and oxygen atoms in total. The average molecular weight is 436 g/mol. The van der Waals surface area contributed by atoms with E-state index in [1.165, 1.54) is 29.4 Å². The first-order valence-corrected chi connectivity index (χ1v) is 11.4. The highest BCUT2D eigenvalue weighted by Crippen LogP contribution is 2.35. The standard InChI is InChI=1S/C26H33N3O3/c1-4-5-12-28-13-14-29(23(17-28)19-6-8-20(9-7-19)26(30)31)16-22-21-10-11-27-25(21)18(2)15-24(22)32-3/h6-11,15,23,27H,4-5,12-14,16-17H2,1-3H3,(H,30,31). The number of aryl methyl sites for hydroxylation is 1. The molecule has 2 heterocycles. The molecular formula is C26H33N3O3. The Kier molecular flexibility index (Phi) is 6.82. The van der Waals surface area contributed by atoms with Crippen molar-refractivity contribution in [2.75, 3.05) is 33.3 Å². The largest absolute Gasteiger partial charge is 0.496 e. The summed E-state index contributed by atoms with van der Waals surface area (Å²) in [5, 5.41) is 10.5. The summed E-state index contributed by atoms with van der Waals surface area (Å²) in [6, 6.07) is 11.8. The lowest BCUT2D eigenvalue weighted by Crippen LogP contribution is -2.48. The molecule has 1 fully saturated rings. The SMILES string of the molecule is CCCCN1CCN(Cc2c(OC)cc(C)c3[nH]ccc23)C(c2ccc(C(=O)O)cc2)C1. The van der Waals surface area contributed by atoms with Crippen molar-refractivity contribution in [3.8, 4) is 5.75 Å². The second kappa shape index (κ2) is 9.76. The molecule has 0 radical (unpaired) electrons. The molecule has 6 heteroatoms. The van der Waals surface area contributed by atoms with Crippen LogP contribution in [0.1, 0.15) is 52.9 Å². The molecule has 32 heavy (non-hydrogen) atoms. The third-order valence-electron chi connectivity index (χ3n) is 6.64. The normalized spacial score (nSPS) is 17.7. The van der Waals surface area contributed by atoms with Crippen LogP contribution in [0.15, 0.2) is 42.6 Å². The molecule has 3 aromatic rings. The number of carboxylic acid groups (broad SMARTS) is 1. The topological polar surface area (TPSA) is 68.8 Å². The van der Waals surface area contributed by atoms with Gasteiger partial charge >= 0.3 is 5.97 Å². The van der Waals surface area contributed by atoms with Gasteiger partial charge in [0.15, 0.2) is 0 Å². The van der Waals surface area contributed by atoms with Crippen molar-refractivity contribution < 1.29 is 14.6 Å². The Balaban J connectivity index is 1.67. The molecule has 0 bridgehead atoms. The predicted molar refractivity (Wildman–Crippen MR) is 127 cm³/mol. The fourth-order valence-corrected chi connectivity index (χ4v) is 4.80. The molecule has 1 unspecified atom stereocenters. The van der Waals surface area contributed by atoms with E-state index in [0.29, 0.717) is 5.56 Å². The third kappa shape index (κ3) is 4.52. The van der Waals surface area contributed by atoms with Gasteiger partial charge in [-0.25, -0.2) is 4.79 Å². The molecule has 1 aromatic heterocycles. The maximum atomic E-state index is 11.3. The van der Waals surface area contributed by atoms with Crippen molar-refractivity contribution in [3.05, 3.63) is 64.8 Å². The lowest BCUT2D eigenvalue weighted by molar-refractivity contribution is 0.0667. The number of aromatic nitrogens is 1. The second-order valence-electron chi connectivity index (χ2n) is 8.71. The van der Waals surface area contributed by atoms with Crippen molar-refractivity contribution in [1.82, 2.24) is 14.8 Å². The van der Waals surface area contributed by atoms with Crippen molar-refractivity contribution in [2.24, 2.45) is 0 Å². The number of benzene rings is 2. The molecule has 1 aliphatic heterocycles. The van der Waals surface area contributed by atoms with Gasteiger partial charge < -0.3 is 19.7 Å². The predicted octanol–water partition coefficient (Wildman–Crippen LogP) is 4.84. The van der Waals surface area contributed by atoms with Crippen LogP contribution in [-0.2, 0) is 6.54 Å². The number of hydrogen-bond donors (Lipinski definition) is 2. The van der Waals surface area contributed by atoms with Gasteiger partial charge in [0.05, 0.1) is 12.7 Å². The number of fused-ring (bicyclic) bond motifs is 1. The number of carboxylic acids is 1. The van der Waals surface area contributed by atoms with Crippen molar-refractivity contribution >= 4 is 16.9 Å². The quantitative estimate of drug-likeness (QED) is 0.530. The Bertz CT molecular complexity index is 1070. The van der Waals surface area contributed by atoms with E-state index in [1.807, 2.05) is 18.3 Å². The fraction of sp³-hybridized carbons (Fsp3) is 0.423. The zero-order chi connectivity index (χ0) is 22.7. The first-order chi connectivity index (χ1) is 15.5. The molecule has 170 valence electrons. The van der Waals surface area contributed by atoms with E-state index in [4.69, 9.17) is 4.74 Å². The van der Waals surface area contributed by atoms with Gasteiger partial charge in [0, 0.05) is 54.9 Å². The molecule has 2 N–H and O–H groups in total. The summed E-state index contributed by atoms with van der Waals surface area (Å²) in [4.78, 5) is 19.7. The Morgan fingerprint density at radius 1 is 1.22 bits per heavy atom. The number of H-pyrrole nitrogens is 1. The molecule has 0 spiro atoms. The van der Waals surface area contributed by atoms with E-state index in [9.17, 15) is 9.90 Å². The highest BCUT2D eigenvalue weighted by molar-refractivity contribution is 5.88. The third-order valence-corrected chi connectivity index (χ3v) is 6.64. The van der Waals surface area contributed by atoms with Crippen LogP contribution in [0.25, 0.3) is 10.9 Å². The summed E-state index contributed by atoms with van der Waals surface area (Å²) >= 11 is 0. The summed E-state index contributed by atoms with van der Waals surface area (Å²) in [7, 11) is 1.74. The van der Waals surface area contributed by atoms with Gasteiger partial charge in [-0.2, -0.15) is 0 Å². The number of methoxy groups -OCH3 is 1. The van der Waals surface area contributed by atoms with Crippen molar-refractivity contribution in [3.63, 3.8) is 0 Å². The monoisotopic (exact) mass is 435 g/mol. The zero-order valence-corrected chi connectivity index (χ0v) is 19.2. The van der Waals surface area contributed by atoms with Crippen LogP contribution in [0, 0.1) is 6.92 Å². The van der Waals surface area contributed by atoms with Gasteiger partial charge in [-0.15, -0.1) is 0 Å². The number of aromatic amines is 1. The number of carbonyl (C=O) groups is 1. The first-order valence-electron chi connectivity index (χ1n) is 11.4. The fourth-order valence-electron chi connectivity index (χ4n) is 4.80. The number of hydrogen-bond acceptors (Lipinski definition) is 4. The summed E-state index contributed by atoms with van der Waals surface area (Å²) in [6.07, 6.45) is 4.37. The maximum absolute atomic E-state index is 11.3. The van der Waals surface area contributed by atoms with Gasteiger partial charge in [-0.1, -0.05) is 25.5 Å². The summed E-state index contributed by atoms with van der Waals surface area (Å²) in [5.74, 6) is 0.0313. The number of piperazine rings is 1. The zero-order valence-electron chi connectivity index (χ0n) is 19.2. The molecule has 1 saturated heterocycles. The molecule has 0 saturated carbocycles. The van der Waals surface area contributed by atoms with E-state index in [2.05, 4.69) is 40.8 Å². The van der Waals surface area contributed by atoms with E-state index in [-0.39, 0.29) is 6.04 Å². The lowest BCUT2D eigenvalue weighted by Gasteiger charge is -2.42. The molecule has 0 aliphatic carbocycles. The Hall–Kier alpha value is -2.83. The van der Waals surface area contributed by atoms with E-state index < -0.39 is 5.97 Å². The van der Waals surface area contributed by atoms with Gasteiger partial charge in [0.25, 0.3) is 0 Å². The second-order valence-corrected chi connectivity index (χ2v) is 8.71. The molecule has 2 aromatic carbocycles. The summed E-state index contributed by atoms with van der Waals surface area (Å²) in [6.45, 7) is 9.15. The van der Waals surface area contributed by atoms with Crippen LogP contribution in [0.5, 0.6) is 5.75 Å². The number of nitrogens with one attached hydrogen (secondary N) is 1. The van der Waals surface area contributed by atoms with Crippen LogP contribution in [0.3, 0.4) is 0 Å². The van der Waals surface area contributed by atoms with Gasteiger partial charge in [0.1, 0.15) is 5.75 Å². The van der Waals surface area contributed by atoms with Crippen LogP contribution in [0.2, 0.25) is 0 Å². The number of unbranched alkanes of at least 4 members (excludes halogenated alkanes) is 1. The minimum Gasteiger partial charge on any atom is -0.496 e. The summed E-state index contributed by atoms with van der Waals surface area (Å²) < 4.78 is 5.79. The average Bonchev–Trinajstić information content (AvgIpc) is 3.30. The lowest BCUT2D eigenvalue weighted by atomic mass is 9.98. The number of aromatic carboxylic acids is 1. The van der Waals surface area contributed by atoms with Crippen LogP contribution in [-0.4, -0.2) is 59.1 Å². The molecule has 1 atom stereocenters. The van der Waals surface area contributed by atoms with E-state index in [1.54, 1.807) is 19.2 Å². The number of nitrogens with zero attached hydrogens (tertiary/aromatic N) is 2. The van der Waals surface area contributed by atoms with E-state index >= 15 is 0 Å².